The van der Waals surface area contributed by atoms with E-state index in [1.807, 2.05) is 0 Å². The lowest BCUT2D eigenvalue weighted by Gasteiger charge is -2.31. The summed E-state index contributed by atoms with van der Waals surface area (Å²) in [6, 6.07) is 0. The van der Waals surface area contributed by atoms with Gasteiger partial charge in [0.25, 0.3) is 0 Å². The zero-order chi connectivity index (χ0) is 9.80. The molecule has 1 saturated heterocycles. The number of nitrogens with zero attached hydrogens (tertiary/aromatic N) is 1. The van der Waals surface area contributed by atoms with E-state index in [0.717, 1.165) is 52.1 Å². The molecular formula is C11H19NO2. The van der Waals surface area contributed by atoms with E-state index in [0.29, 0.717) is 11.7 Å². The fourth-order valence-electron chi connectivity index (χ4n) is 2.34. The van der Waals surface area contributed by atoms with Gasteiger partial charge in [-0.2, -0.15) is 0 Å². The molecule has 1 heterocycles. The Balaban J connectivity index is 1.79. The van der Waals surface area contributed by atoms with Crippen LogP contribution in [0.1, 0.15) is 25.7 Å². The second kappa shape index (κ2) is 4.89. The van der Waals surface area contributed by atoms with Gasteiger partial charge in [-0.15, -0.1) is 0 Å². The molecule has 0 amide bonds. The van der Waals surface area contributed by atoms with E-state index in [9.17, 15) is 4.79 Å². The summed E-state index contributed by atoms with van der Waals surface area (Å²) < 4.78 is 5.29. The van der Waals surface area contributed by atoms with Crippen molar-refractivity contribution in [2.75, 3.05) is 32.8 Å². The van der Waals surface area contributed by atoms with Gasteiger partial charge in [0, 0.05) is 32.0 Å². The molecular weight excluding hydrogens is 178 g/mol. The molecule has 0 spiro atoms. The van der Waals surface area contributed by atoms with E-state index >= 15 is 0 Å². The van der Waals surface area contributed by atoms with Gasteiger partial charge in [0.2, 0.25) is 0 Å². The maximum Gasteiger partial charge on any atom is 0.137 e. The first-order valence-corrected chi connectivity index (χ1v) is 5.69. The number of morpholine rings is 1. The molecule has 1 aliphatic heterocycles. The molecule has 80 valence electrons. The third kappa shape index (κ3) is 2.55. The number of ether oxygens (including phenoxy) is 1. The van der Waals surface area contributed by atoms with Gasteiger partial charge in [-0.3, -0.25) is 9.69 Å². The Morgan fingerprint density at radius 1 is 1.29 bits per heavy atom. The van der Waals surface area contributed by atoms with E-state index in [1.165, 1.54) is 6.42 Å². The van der Waals surface area contributed by atoms with Gasteiger partial charge in [0.1, 0.15) is 5.78 Å². The van der Waals surface area contributed by atoms with Crippen molar-refractivity contribution in [3.05, 3.63) is 0 Å². The average molecular weight is 197 g/mol. The summed E-state index contributed by atoms with van der Waals surface area (Å²) in [6.45, 7) is 4.65. The number of carbonyl (C=O) groups excluding carboxylic acids is 1. The van der Waals surface area contributed by atoms with Crippen LogP contribution in [0.5, 0.6) is 0 Å². The molecule has 2 aliphatic rings. The minimum Gasteiger partial charge on any atom is -0.379 e. The molecule has 0 N–H and O–H groups in total. The summed E-state index contributed by atoms with van der Waals surface area (Å²) in [6.07, 6.45) is 4.27. The van der Waals surface area contributed by atoms with Crippen molar-refractivity contribution in [2.45, 2.75) is 25.7 Å². The topological polar surface area (TPSA) is 29.5 Å². The normalized spacial score (nSPS) is 30.6. The molecule has 2 fully saturated rings. The van der Waals surface area contributed by atoms with Crippen molar-refractivity contribution in [1.29, 1.82) is 0 Å². The van der Waals surface area contributed by atoms with Gasteiger partial charge < -0.3 is 4.74 Å². The Labute approximate surface area is 85.4 Å². The monoisotopic (exact) mass is 197 g/mol. The van der Waals surface area contributed by atoms with Gasteiger partial charge in [0.05, 0.1) is 13.2 Å². The Morgan fingerprint density at radius 3 is 2.79 bits per heavy atom. The van der Waals surface area contributed by atoms with Crippen LogP contribution in [-0.2, 0) is 9.53 Å². The van der Waals surface area contributed by atoms with Gasteiger partial charge in [0.15, 0.2) is 0 Å². The number of carbonyl (C=O) groups is 1. The Morgan fingerprint density at radius 2 is 2.07 bits per heavy atom. The quantitative estimate of drug-likeness (QED) is 0.663. The first-order chi connectivity index (χ1) is 6.86. The molecule has 0 unspecified atom stereocenters. The lowest BCUT2D eigenvalue weighted by Crippen LogP contribution is -2.41. The SMILES string of the molecule is O=C1CCCC[C@@H]1CN1CCOCC1. The Bertz CT molecular complexity index is 199. The summed E-state index contributed by atoms with van der Waals surface area (Å²) in [5.41, 5.74) is 0. The predicted molar refractivity (Wildman–Crippen MR) is 54.2 cm³/mol. The van der Waals surface area contributed by atoms with Gasteiger partial charge >= 0.3 is 0 Å². The molecule has 2 rings (SSSR count). The summed E-state index contributed by atoms with van der Waals surface area (Å²) in [5, 5.41) is 0. The maximum atomic E-state index is 11.6. The van der Waals surface area contributed by atoms with Gasteiger partial charge in [-0.25, -0.2) is 0 Å². The summed E-state index contributed by atoms with van der Waals surface area (Å²) in [5.74, 6) is 0.810. The lowest BCUT2D eigenvalue weighted by molar-refractivity contribution is -0.125. The summed E-state index contributed by atoms with van der Waals surface area (Å²) >= 11 is 0. The third-order valence-electron chi connectivity index (χ3n) is 3.26. The van der Waals surface area contributed by atoms with Crippen LogP contribution >= 0.6 is 0 Å². The van der Waals surface area contributed by atoms with Gasteiger partial charge in [-0.1, -0.05) is 6.42 Å². The Hall–Kier alpha value is -0.410. The van der Waals surface area contributed by atoms with Crippen LogP contribution in [0, 0.1) is 5.92 Å². The van der Waals surface area contributed by atoms with E-state index in [4.69, 9.17) is 4.74 Å². The van der Waals surface area contributed by atoms with Crippen molar-refractivity contribution >= 4 is 5.78 Å². The largest absolute Gasteiger partial charge is 0.379 e. The molecule has 14 heavy (non-hydrogen) atoms. The van der Waals surface area contributed by atoms with Crippen LogP contribution in [0.25, 0.3) is 0 Å². The maximum absolute atomic E-state index is 11.6. The van der Waals surface area contributed by atoms with E-state index in [1.54, 1.807) is 0 Å². The van der Waals surface area contributed by atoms with Crippen molar-refractivity contribution in [3.63, 3.8) is 0 Å². The standard InChI is InChI=1S/C11H19NO2/c13-11-4-2-1-3-10(11)9-12-5-7-14-8-6-12/h10H,1-9H2/t10-/m1/s1. The summed E-state index contributed by atoms with van der Waals surface area (Å²) in [7, 11) is 0. The van der Waals surface area contributed by atoms with Crippen LogP contribution in [-0.4, -0.2) is 43.5 Å². The molecule has 3 nitrogen and oxygen atoms in total. The molecule has 0 aromatic carbocycles. The molecule has 1 atom stereocenters. The highest BCUT2D eigenvalue weighted by Gasteiger charge is 2.24. The molecule has 3 heteroatoms. The highest BCUT2D eigenvalue weighted by Crippen LogP contribution is 2.21. The molecule has 1 saturated carbocycles. The predicted octanol–water partition coefficient (Wildman–Crippen LogP) is 1.08. The smallest absolute Gasteiger partial charge is 0.137 e. The molecule has 0 aromatic rings. The molecule has 0 radical (unpaired) electrons. The van der Waals surface area contributed by atoms with Crippen molar-refractivity contribution in [3.8, 4) is 0 Å². The molecule has 0 bridgehead atoms. The number of Topliss-reactive ketones (excluding diaryl/α,β-unsaturated/α-hetero) is 1. The average Bonchev–Trinajstić information content (AvgIpc) is 2.23. The van der Waals surface area contributed by atoms with Crippen LogP contribution in [0.4, 0.5) is 0 Å². The first-order valence-electron chi connectivity index (χ1n) is 5.69. The number of rotatable bonds is 2. The van der Waals surface area contributed by atoms with Crippen molar-refractivity contribution in [2.24, 2.45) is 5.92 Å². The van der Waals surface area contributed by atoms with Crippen molar-refractivity contribution in [1.82, 2.24) is 4.90 Å². The first kappa shape index (κ1) is 10.1. The Kier molecular flexibility index (Phi) is 3.54. The highest BCUT2D eigenvalue weighted by atomic mass is 16.5. The van der Waals surface area contributed by atoms with Crippen LogP contribution in [0.2, 0.25) is 0 Å². The molecule has 0 aromatic heterocycles. The van der Waals surface area contributed by atoms with Crippen molar-refractivity contribution < 1.29 is 9.53 Å². The fourth-order valence-corrected chi connectivity index (χ4v) is 2.34. The number of ketones is 1. The van der Waals surface area contributed by atoms with Crippen LogP contribution in [0.3, 0.4) is 0 Å². The molecule has 1 aliphatic carbocycles. The van der Waals surface area contributed by atoms with E-state index in [-0.39, 0.29) is 0 Å². The zero-order valence-corrected chi connectivity index (χ0v) is 8.71. The summed E-state index contributed by atoms with van der Waals surface area (Å²) in [4.78, 5) is 14.0. The highest BCUT2D eigenvalue weighted by molar-refractivity contribution is 5.81. The van der Waals surface area contributed by atoms with Crippen LogP contribution < -0.4 is 0 Å². The minimum absolute atomic E-state index is 0.321. The van der Waals surface area contributed by atoms with E-state index in [2.05, 4.69) is 4.90 Å². The lowest BCUT2D eigenvalue weighted by atomic mass is 9.87. The fraction of sp³-hybridized carbons (Fsp3) is 0.909. The minimum atomic E-state index is 0.321. The number of hydrogen-bond donors (Lipinski definition) is 0. The third-order valence-corrected chi connectivity index (χ3v) is 3.26. The second-order valence-corrected chi connectivity index (χ2v) is 4.32. The van der Waals surface area contributed by atoms with Crippen LogP contribution in [0.15, 0.2) is 0 Å². The second-order valence-electron chi connectivity index (χ2n) is 4.32. The zero-order valence-electron chi connectivity index (χ0n) is 8.71. The van der Waals surface area contributed by atoms with E-state index < -0.39 is 0 Å². The van der Waals surface area contributed by atoms with Gasteiger partial charge in [-0.05, 0) is 12.8 Å². The number of hydrogen-bond acceptors (Lipinski definition) is 3.